The van der Waals surface area contributed by atoms with Crippen molar-refractivity contribution >= 4 is 23.2 Å². The van der Waals surface area contributed by atoms with E-state index in [4.69, 9.17) is 5.11 Å². The number of nitrogens with one attached hydrogen (secondary N) is 1. The molecular weight excluding hydrogens is 338 g/mol. The number of hydrogen-bond acceptors (Lipinski definition) is 4. The predicted octanol–water partition coefficient (Wildman–Crippen LogP) is 2.80. The number of benzene rings is 1. The quantitative estimate of drug-likeness (QED) is 0.764. The van der Waals surface area contributed by atoms with Gasteiger partial charge >= 0.3 is 5.97 Å². The van der Waals surface area contributed by atoms with E-state index in [2.05, 4.69) is 10.3 Å². The van der Waals surface area contributed by atoms with Crippen molar-refractivity contribution in [2.75, 3.05) is 6.54 Å². The van der Waals surface area contributed by atoms with E-state index in [-0.39, 0.29) is 18.0 Å². The normalized spacial score (nSPS) is 10.6. The van der Waals surface area contributed by atoms with Crippen molar-refractivity contribution in [2.45, 2.75) is 25.7 Å². The van der Waals surface area contributed by atoms with E-state index in [1.54, 1.807) is 0 Å². The number of thiazole rings is 1. The van der Waals surface area contributed by atoms with Crippen molar-refractivity contribution in [3.8, 4) is 0 Å². The fourth-order valence-electron chi connectivity index (χ4n) is 2.07. The number of aromatic carboxylic acids is 1. The van der Waals surface area contributed by atoms with Gasteiger partial charge in [-0.1, -0.05) is 6.07 Å². The molecule has 1 aromatic heterocycles. The van der Waals surface area contributed by atoms with Crippen LogP contribution in [0.4, 0.5) is 8.78 Å². The summed E-state index contributed by atoms with van der Waals surface area (Å²) in [4.78, 5) is 26.3. The van der Waals surface area contributed by atoms with Crippen LogP contribution in [0.5, 0.6) is 0 Å². The van der Waals surface area contributed by atoms with Crippen LogP contribution in [0.1, 0.15) is 33.9 Å². The summed E-state index contributed by atoms with van der Waals surface area (Å²) >= 11 is 1.24. The second-order valence-electron chi connectivity index (χ2n) is 5.13. The second-order valence-corrected chi connectivity index (χ2v) is 6.08. The van der Waals surface area contributed by atoms with E-state index in [1.807, 2.05) is 0 Å². The molecule has 0 aliphatic rings. The first-order valence-corrected chi connectivity index (χ1v) is 8.22. The van der Waals surface area contributed by atoms with E-state index in [0.29, 0.717) is 36.4 Å². The molecule has 0 atom stereocenters. The van der Waals surface area contributed by atoms with Gasteiger partial charge < -0.3 is 10.4 Å². The van der Waals surface area contributed by atoms with Gasteiger partial charge in [0.25, 0.3) is 0 Å². The van der Waals surface area contributed by atoms with Crippen molar-refractivity contribution in [3.05, 3.63) is 51.5 Å². The third-order valence-electron chi connectivity index (χ3n) is 3.29. The molecule has 2 aromatic rings. The highest BCUT2D eigenvalue weighted by Crippen LogP contribution is 2.12. The Labute approximate surface area is 141 Å². The first kappa shape index (κ1) is 18.0. The summed E-state index contributed by atoms with van der Waals surface area (Å²) in [5.74, 6) is -2.99. The number of carbonyl (C=O) groups excluding carboxylic acids is 1. The number of carbonyl (C=O) groups is 2. The molecule has 0 aliphatic heterocycles. The van der Waals surface area contributed by atoms with Crippen LogP contribution in [0.25, 0.3) is 0 Å². The molecule has 5 nitrogen and oxygen atoms in total. The van der Waals surface area contributed by atoms with E-state index >= 15 is 0 Å². The van der Waals surface area contributed by atoms with Crippen LogP contribution in [-0.4, -0.2) is 28.5 Å². The lowest BCUT2D eigenvalue weighted by atomic mass is 10.1. The Morgan fingerprint density at radius 2 is 2.00 bits per heavy atom. The molecule has 2 rings (SSSR count). The highest BCUT2D eigenvalue weighted by atomic mass is 32.1. The van der Waals surface area contributed by atoms with E-state index < -0.39 is 17.6 Å². The van der Waals surface area contributed by atoms with Gasteiger partial charge in [0.2, 0.25) is 5.91 Å². The van der Waals surface area contributed by atoms with E-state index in [9.17, 15) is 18.4 Å². The number of hydrogen-bond donors (Lipinski definition) is 2. The first-order chi connectivity index (χ1) is 11.5. The van der Waals surface area contributed by atoms with Crippen molar-refractivity contribution in [1.29, 1.82) is 0 Å². The first-order valence-electron chi connectivity index (χ1n) is 7.34. The number of amides is 1. The number of nitrogens with zero attached hydrogens (tertiary/aromatic N) is 1. The van der Waals surface area contributed by atoms with Gasteiger partial charge in [0.15, 0.2) is 17.3 Å². The smallest absolute Gasteiger partial charge is 0.355 e. The number of aryl methyl sites for hydroxylation is 1. The Morgan fingerprint density at radius 1 is 1.21 bits per heavy atom. The van der Waals surface area contributed by atoms with Crippen molar-refractivity contribution in [3.63, 3.8) is 0 Å². The fraction of sp³-hybridized carbons (Fsp3) is 0.312. The molecule has 8 heteroatoms. The van der Waals surface area contributed by atoms with Gasteiger partial charge in [0.05, 0.1) is 5.01 Å². The SMILES string of the molecule is O=C(CCCc1ccc(F)c(F)c1)NCCc1nc(C(=O)O)cs1. The lowest BCUT2D eigenvalue weighted by molar-refractivity contribution is -0.121. The van der Waals surface area contributed by atoms with Gasteiger partial charge in [-0.15, -0.1) is 11.3 Å². The number of carboxylic acids is 1. The second kappa shape index (κ2) is 8.49. The third-order valence-corrected chi connectivity index (χ3v) is 4.19. The van der Waals surface area contributed by atoms with E-state index in [0.717, 1.165) is 12.1 Å². The molecule has 128 valence electrons. The van der Waals surface area contributed by atoms with Gasteiger partial charge in [-0.2, -0.15) is 0 Å². The Kier molecular flexibility index (Phi) is 6.36. The zero-order chi connectivity index (χ0) is 17.5. The standard InChI is InChI=1S/C16H16F2N2O3S/c17-11-5-4-10(8-12(11)18)2-1-3-14(21)19-7-6-15-20-13(9-24-15)16(22)23/h4-5,8-9H,1-3,6-7H2,(H,19,21)(H,22,23). The van der Waals surface area contributed by atoms with Gasteiger partial charge in [0, 0.05) is 24.8 Å². The molecule has 0 saturated carbocycles. The average molecular weight is 354 g/mol. The molecule has 0 fully saturated rings. The van der Waals surface area contributed by atoms with Crippen molar-refractivity contribution in [1.82, 2.24) is 10.3 Å². The minimum absolute atomic E-state index is 0.00727. The summed E-state index contributed by atoms with van der Waals surface area (Å²) in [6.45, 7) is 0.372. The van der Waals surface area contributed by atoms with Crippen molar-refractivity contribution in [2.24, 2.45) is 0 Å². The summed E-state index contributed by atoms with van der Waals surface area (Å²) in [5.41, 5.74) is 0.651. The molecule has 24 heavy (non-hydrogen) atoms. The van der Waals surface area contributed by atoms with Gasteiger partial charge in [-0.05, 0) is 30.5 Å². The number of halogens is 2. The van der Waals surface area contributed by atoms with E-state index in [1.165, 1.54) is 22.8 Å². The largest absolute Gasteiger partial charge is 0.476 e. The average Bonchev–Trinajstić information content (AvgIpc) is 3.00. The molecule has 0 spiro atoms. The minimum Gasteiger partial charge on any atom is -0.476 e. The molecular formula is C16H16F2N2O3S. The zero-order valence-corrected chi connectivity index (χ0v) is 13.5. The van der Waals surface area contributed by atoms with Crippen LogP contribution >= 0.6 is 11.3 Å². The highest BCUT2D eigenvalue weighted by Gasteiger charge is 2.09. The summed E-state index contributed by atoms with van der Waals surface area (Å²) in [5, 5.41) is 13.6. The molecule has 1 amide bonds. The Balaban J connectivity index is 1.65. The molecule has 1 aromatic carbocycles. The van der Waals surface area contributed by atoms with Crippen LogP contribution < -0.4 is 5.32 Å². The van der Waals surface area contributed by atoms with Gasteiger partial charge in [-0.25, -0.2) is 18.6 Å². The Morgan fingerprint density at radius 3 is 2.67 bits per heavy atom. The van der Waals surface area contributed by atoms with Crippen LogP contribution in [0.15, 0.2) is 23.6 Å². The van der Waals surface area contributed by atoms with Gasteiger partial charge in [-0.3, -0.25) is 4.79 Å². The van der Waals surface area contributed by atoms with Gasteiger partial charge in [0.1, 0.15) is 0 Å². The molecule has 1 heterocycles. The van der Waals surface area contributed by atoms with Crippen LogP contribution in [0.3, 0.4) is 0 Å². The lowest BCUT2D eigenvalue weighted by Gasteiger charge is -2.05. The predicted molar refractivity (Wildman–Crippen MR) is 85.1 cm³/mol. The molecule has 0 bridgehead atoms. The topological polar surface area (TPSA) is 79.3 Å². The number of carboxylic acid groups (broad SMARTS) is 1. The summed E-state index contributed by atoms with van der Waals surface area (Å²) in [6.07, 6.45) is 1.75. The Hall–Kier alpha value is -2.35. The van der Waals surface area contributed by atoms with Crippen molar-refractivity contribution < 1.29 is 23.5 Å². The zero-order valence-electron chi connectivity index (χ0n) is 12.7. The summed E-state index contributed by atoms with van der Waals surface area (Å²) in [7, 11) is 0. The maximum Gasteiger partial charge on any atom is 0.355 e. The maximum atomic E-state index is 13.0. The van der Waals surface area contributed by atoms with Crippen LogP contribution in [-0.2, 0) is 17.6 Å². The summed E-state index contributed by atoms with van der Waals surface area (Å²) in [6, 6.07) is 3.71. The lowest BCUT2D eigenvalue weighted by Crippen LogP contribution is -2.25. The molecule has 0 radical (unpaired) electrons. The monoisotopic (exact) mass is 354 g/mol. The Bertz CT molecular complexity index is 734. The van der Waals surface area contributed by atoms with Crippen LogP contribution in [0, 0.1) is 11.6 Å². The third kappa shape index (κ3) is 5.38. The maximum absolute atomic E-state index is 13.0. The minimum atomic E-state index is -1.07. The summed E-state index contributed by atoms with van der Waals surface area (Å²) < 4.78 is 25.8. The number of aromatic nitrogens is 1. The van der Waals surface area contributed by atoms with Crippen LogP contribution in [0.2, 0.25) is 0 Å². The fourth-order valence-corrected chi connectivity index (χ4v) is 2.84. The molecule has 0 aliphatic carbocycles. The molecule has 0 unspecified atom stereocenters. The molecule has 0 saturated heterocycles. The highest BCUT2D eigenvalue weighted by molar-refractivity contribution is 7.09. The molecule has 2 N–H and O–H groups in total. The number of rotatable bonds is 8.